The first-order valence-electron chi connectivity index (χ1n) is 7.42. The van der Waals surface area contributed by atoms with E-state index >= 15 is 0 Å². The first-order chi connectivity index (χ1) is 10.4. The predicted octanol–water partition coefficient (Wildman–Crippen LogP) is 3.42. The molecule has 0 aliphatic heterocycles. The van der Waals surface area contributed by atoms with Crippen LogP contribution in [0, 0.1) is 5.41 Å². The SMILES string of the molecule is CCc1ccc([C@@H](NC(=O)NCc2ccon2)C(C)(C)C)o1. The molecule has 0 aliphatic carbocycles. The fourth-order valence-electron chi connectivity index (χ4n) is 2.14. The maximum atomic E-state index is 12.1. The molecule has 2 aromatic heterocycles. The lowest BCUT2D eigenvalue weighted by molar-refractivity contribution is 0.206. The predicted molar refractivity (Wildman–Crippen MR) is 82.2 cm³/mol. The Morgan fingerprint density at radius 3 is 2.64 bits per heavy atom. The Hall–Kier alpha value is -2.24. The quantitative estimate of drug-likeness (QED) is 0.887. The van der Waals surface area contributed by atoms with E-state index in [0.29, 0.717) is 12.2 Å². The number of aromatic nitrogens is 1. The molecule has 0 saturated heterocycles. The average Bonchev–Trinajstić information content (AvgIpc) is 3.12. The van der Waals surface area contributed by atoms with Crippen molar-refractivity contribution in [3.63, 3.8) is 0 Å². The van der Waals surface area contributed by atoms with Gasteiger partial charge >= 0.3 is 6.03 Å². The van der Waals surface area contributed by atoms with Gasteiger partial charge in [0.05, 0.1) is 12.6 Å². The van der Waals surface area contributed by atoms with E-state index in [4.69, 9.17) is 8.94 Å². The van der Waals surface area contributed by atoms with Crippen LogP contribution in [-0.2, 0) is 13.0 Å². The number of carbonyl (C=O) groups is 1. The number of hydrogen-bond donors (Lipinski definition) is 2. The molecule has 0 radical (unpaired) electrons. The molecule has 0 saturated carbocycles. The molecule has 2 rings (SSSR count). The van der Waals surface area contributed by atoms with Crippen molar-refractivity contribution in [2.24, 2.45) is 5.41 Å². The fraction of sp³-hybridized carbons (Fsp3) is 0.500. The van der Waals surface area contributed by atoms with Gasteiger partial charge in [-0.1, -0.05) is 32.9 Å². The van der Waals surface area contributed by atoms with Crippen LogP contribution in [0.25, 0.3) is 0 Å². The number of rotatable bonds is 5. The number of hydrogen-bond acceptors (Lipinski definition) is 4. The molecule has 1 atom stereocenters. The van der Waals surface area contributed by atoms with Gasteiger partial charge in [0.25, 0.3) is 0 Å². The topological polar surface area (TPSA) is 80.3 Å². The van der Waals surface area contributed by atoms with Gasteiger partial charge in [-0.15, -0.1) is 0 Å². The Morgan fingerprint density at radius 2 is 2.09 bits per heavy atom. The Bertz CT molecular complexity index is 596. The Balaban J connectivity index is 2.02. The highest BCUT2D eigenvalue weighted by Crippen LogP contribution is 2.33. The molecule has 2 heterocycles. The second kappa shape index (κ2) is 6.68. The zero-order valence-corrected chi connectivity index (χ0v) is 13.5. The number of aryl methyl sites for hydroxylation is 1. The largest absolute Gasteiger partial charge is 0.464 e. The van der Waals surface area contributed by atoms with Crippen molar-refractivity contribution >= 4 is 6.03 Å². The monoisotopic (exact) mass is 305 g/mol. The lowest BCUT2D eigenvalue weighted by atomic mass is 9.85. The fourth-order valence-corrected chi connectivity index (χ4v) is 2.14. The second-order valence-corrected chi connectivity index (χ2v) is 6.27. The molecule has 0 unspecified atom stereocenters. The standard InChI is InChI=1S/C16H23N3O3/c1-5-12-6-7-13(22-12)14(16(2,3)4)18-15(20)17-10-11-8-9-21-19-11/h6-9,14H,5,10H2,1-4H3,(H2,17,18,20)/t14-/m1/s1. The van der Waals surface area contributed by atoms with E-state index in [9.17, 15) is 4.79 Å². The lowest BCUT2D eigenvalue weighted by Crippen LogP contribution is -2.42. The van der Waals surface area contributed by atoms with Crippen LogP contribution in [0.1, 0.15) is 51.0 Å². The molecule has 0 aromatic carbocycles. The number of nitrogens with zero attached hydrogens (tertiary/aromatic N) is 1. The summed E-state index contributed by atoms with van der Waals surface area (Å²) in [5, 5.41) is 9.49. The van der Waals surface area contributed by atoms with Gasteiger partial charge in [-0.05, 0) is 17.5 Å². The molecule has 2 aromatic rings. The molecule has 2 amide bonds. The number of amides is 2. The van der Waals surface area contributed by atoms with E-state index in [1.54, 1.807) is 6.07 Å². The highest BCUT2D eigenvalue weighted by molar-refractivity contribution is 5.74. The van der Waals surface area contributed by atoms with Crippen LogP contribution < -0.4 is 10.6 Å². The van der Waals surface area contributed by atoms with Crippen LogP contribution in [0.4, 0.5) is 4.79 Å². The van der Waals surface area contributed by atoms with Gasteiger partial charge in [0.2, 0.25) is 0 Å². The molecule has 22 heavy (non-hydrogen) atoms. The maximum Gasteiger partial charge on any atom is 0.315 e. The van der Waals surface area contributed by atoms with Gasteiger partial charge in [0.1, 0.15) is 23.5 Å². The van der Waals surface area contributed by atoms with Gasteiger partial charge < -0.3 is 19.6 Å². The number of carbonyl (C=O) groups excluding carboxylic acids is 1. The summed E-state index contributed by atoms with van der Waals surface area (Å²) in [6.07, 6.45) is 2.30. The highest BCUT2D eigenvalue weighted by atomic mass is 16.5. The van der Waals surface area contributed by atoms with Gasteiger partial charge in [-0.25, -0.2) is 4.79 Å². The van der Waals surface area contributed by atoms with Crippen molar-refractivity contribution in [1.29, 1.82) is 0 Å². The molecule has 2 N–H and O–H groups in total. The van der Waals surface area contributed by atoms with Crippen LogP contribution in [-0.4, -0.2) is 11.2 Å². The van der Waals surface area contributed by atoms with Crippen molar-refractivity contribution in [2.45, 2.75) is 46.7 Å². The summed E-state index contributed by atoms with van der Waals surface area (Å²) in [6.45, 7) is 8.53. The summed E-state index contributed by atoms with van der Waals surface area (Å²) in [5.74, 6) is 1.68. The minimum Gasteiger partial charge on any atom is -0.464 e. The third-order valence-electron chi connectivity index (χ3n) is 3.38. The molecule has 6 nitrogen and oxygen atoms in total. The summed E-state index contributed by atoms with van der Waals surface area (Å²) in [4.78, 5) is 12.1. The molecule has 0 aliphatic rings. The Morgan fingerprint density at radius 1 is 1.32 bits per heavy atom. The minimum atomic E-state index is -0.266. The van der Waals surface area contributed by atoms with Gasteiger partial charge in [-0.2, -0.15) is 0 Å². The van der Waals surface area contributed by atoms with Crippen molar-refractivity contribution in [3.8, 4) is 0 Å². The van der Waals surface area contributed by atoms with Crippen molar-refractivity contribution < 1.29 is 13.7 Å². The third kappa shape index (κ3) is 4.13. The van der Waals surface area contributed by atoms with Crippen LogP contribution in [0.15, 0.2) is 33.4 Å². The highest BCUT2D eigenvalue weighted by Gasteiger charge is 2.30. The van der Waals surface area contributed by atoms with E-state index in [1.807, 2.05) is 19.1 Å². The molecular formula is C16H23N3O3. The molecule has 0 bridgehead atoms. The van der Waals surface area contributed by atoms with Crippen molar-refractivity contribution in [3.05, 3.63) is 41.7 Å². The average molecular weight is 305 g/mol. The van der Waals surface area contributed by atoms with E-state index in [1.165, 1.54) is 6.26 Å². The zero-order valence-electron chi connectivity index (χ0n) is 13.5. The Labute approximate surface area is 130 Å². The van der Waals surface area contributed by atoms with Crippen molar-refractivity contribution in [2.75, 3.05) is 0 Å². The van der Waals surface area contributed by atoms with E-state index < -0.39 is 0 Å². The number of urea groups is 1. The molecule has 6 heteroatoms. The normalized spacial score (nSPS) is 12.9. The lowest BCUT2D eigenvalue weighted by Gasteiger charge is -2.29. The van der Waals surface area contributed by atoms with E-state index in [0.717, 1.165) is 17.9 Å². The summed E-state index contributed by atoms with van der Waals surface area (Å²) < 4.78 is 10.5. The van der Waals surface area contributed by atoms with Crippen LogP contribution in [0.2, 0.25) is 0 Å². The van der Waals surface area contributed by atoms with Crippen molar-refractivity contribution in [1.82, 2.24) is 15.8 Å². The zero-order chi connectivity index (χ0) is 16.2. The number of furan rings is 1. The molecule has 120 valence electrons. The first kappa shape index (κ1) is 16.1. The molecule has 0 spiro atoms. The summed E-state index contributed by atoms with van der Waals surface area (Å²) >= 11 is 0. The van der Waals surface area contributed by atoms with Crippen LogP contribution >= 0.6 is 0 Å². The first-order valence-corrected chi connectivity index (χ1v) is 7.42. The molecular weight excluding hydrogens is 282 g/mol. The van der Waals surface area contributed by atoms with E-state index in [-0.39, 0.29) is 17.5 Å². The summed E-state index contributed by atoms with van der Waals surface area (Å²) in [7, 11) is 0. The van der Waals surface area contributed by atoms with Crippen LogP contribution in [0.3, 0.4) is 0 Å². The van der Waals surface area contributed by atoms with Crippen LogP contribution in [0.5, 0.6) is 0 Å². The van der Waals surface area contributed by atoms with Gasteiger partial charge in [-0.3, -0.25) is 0 Å². The third-order valence-corrected chi connectivity index (χ3v) is 3.38. The second-order valence-electron chi connectivity index (χ2n) is 6.27. The Kier molecular flexibility index (Phi) is 4.90. The van der Waals surface area contributed by atoms with E-state index in [2.05, 4.69) is 36.6 Å². The summed E-state index contributed by atoms with van der Waals surface area (Å²) in [6, 6.07) is 5.10. The number of nitrogens with one attached hydrogen (secondary N) is 2. The molecule has 0 fully saturated rings. The smallest absolute Gasteiger partial charge is 0.315 e. The maximum absolute atomic E-state index is 12.1. The minimum absolute atomic E-state index is 0.173. The van der Waals surface area contributed by atoms with Gasteiger partial charge in [0, 0.05) is 12.5 Å². The summed E-state index contributed by atoms with van der Waals surface area (Å²) in [5.41, 5.74) is 0.502. The van der Waals surface area contributed by atoms with Gasteiger partial charge in [0.15, 0.2) is 0 Å².